The Morgan fingerprint density at radius 1 is 0.256 bits per heavy atom. The molecular formula is C70H117N5O53S. The molecule has 129 heavy (non-hydrogen) atoms. The van der Waals surface area contributed by atoms with Crippen molar-refractivity contribution in [2.45, 2.75) is 348 Å². The van der Waals surface area contributed by atoms with E-state index in [2.05, 4.69) is 26.6 Å². The second kappa shape index (κ2) is 46.1. The van der Waals surface area contributed by atoms with Gasteiger partial charge in [0.15, 0.2) is 62.9 Å². The molecule has 10 fully saturated rings. The smallest absolute Gasteiger partial charge is 0.394 e. The molecule has 0 unspecified atom stereocenters. The number of carbonyl (C=O) groups excluding carboxylic acids is 5. The highest BCUT2D eigenvalue weighted by Gasteiger charge is 2.63. The summed E-state index contributed by atoms with van der Waals surface area (Å²) in [6.45, 7) is -5.69. The monoisotopic (exact) mass is 1910 g/mol. The van der Waals surface area contributed by atoms with Gasteiger partial charge in [0.05, 0.1) is 65.6 Å². The Morgan fingerprint density at radius 3 is 1.01 bits per heavy atom. The van der Waals surface area contributed by atoms with Crippen molar-refractivity contribution in [3.63, 3.8) is 0 Å². The van der Waals surface area contributed by atoms with Gasteiger partial charge in [-0.15, -0.1) is 0 Å². The van der Waals surface area contributed by atoms with Crippen LogP contribution in [0.3, 0.4) is 0 Å². The number of nitrogens with one attached hydrogen (secondary N) is 5. The molecule has 5 amide bonds. The van der Waals surface area contributed by atoms with Gasteiger partial charge in [-0.3, -0.25) is 28.5 Å². The van der Waals surface area contributed by atoms with Gasteiger partial charge in [-0.1, -0.05) is 0 Å². The Labute approximate surface area is 730 Å². The average molecular weight is 1910 g/mol. The molecule has 0 aromatic heterocycles. The fraction of sp³-hybridized carbons (Fsp3) is 0.929. The fourth-order valence-electron chi connectivity index (χ4n) is 16.4. The van der Waals surface area contributed by atoms with Gasteiger partial charge in [-0.2, -0.15) is 8.42 Å². The molecule has 10 aliphatic rings. The summed E-state index contributed by atoms with van der Waals surface area (Å²) in [5.74, 6) is -4.98. The molecule has 0 radical (unpaired) electrons. The largest absolute Gasteiger partial charge is 0.397 e. The minimum Gasteiger partial charge on any atom is -0.394 e. The molecule has 31 N–H and O–H groups in total. The van der Waals surface area contributed by atoms with Gasteiger partial charge in [0.25, 0.3) is 0 Å². The van der Waals surface area contributed by atoms with Crippen molar-refractivity contribution in [2.75, 3.05) is 59.5 Å². The second-order valence-corrected chi connectivity index (χ2v) is 33.3. The van der Waals surface area contributed by atoms with E-state index in [1.54, 1.807) is 0 Å². The van der Waals surface area contributed by atoms with Gasteiger partial charge in [0.1, 0.15) is 238 Å². The summed E-state index contributed by atoms with van der Waals surface area (Å²) >= 11 is 0. The molecule has 0 aliphatic carbocycles. The third-order valence-corrected chi connectivity index (χ3v) is 23.5. The zero-order valence-electron chi connectivity index (χ0n) is 69.3. The Morgan fingerprint density at radius 2 is 0.543 bits per heavy atom. The van der Waals surface area contributed by atoms with Crippen LogP contribution in [-0.2, 0) is 129 Å². The van der Waals surface area contributed by atoms with Crippen LogP contribution in [0.25, 0.3) is 0 Å². The lowest BCUT2D eigenvalue weighted by atomic mass is 9.93. The van der Waals surface area contributed by atoms with Gasteiger partial charge in [-0.25, -0.2) is 4.18 Å². The predicted octanol–water partition coefficient (Wildman–Crippen LogP) is -21.2. The number of hydrogen-bond acceptors (Lipinski definition) is 52. The molecule has 10 saturated heterocycles. The molecule has 10 aliphatic heterocycles. The van der Waals surface area contributed by atoms with E-state index in [1.165, 1.54) is 0 Å². The lowest BCUT2D eigenvalue weighted by Gasteiger charge is -2.52. The zero-order valence-corrected chi connectivity index (χ0v) is 70.1. The van der Waals surface area contributed by atoms with Gasteiger partial charge < -0.3 is 244 Å². The van der Waals surface area contributed by atoms with Crippen LogP contribution < -0.4 is 26.6 Å². The van der Waals surface area contributed by atoms with E-state index in [4.69, 9.17) is 94.2 Å². The molecule has 0 saturated carbocycles. The summed E-state index contributed by atoms with van der Waals surface area (Å²) in [7, 11) is -5.67. The van der Waals surface area contributed by atoms with Gasteiger partial charge in [0.2, 0.25) is 29.5 Å². The van der Waals surface area contributed by atoms with Crippen LogP contribution in [0, 0.1) is 0 Å². The first-order valence-electron chi connectivity index (χ1n) is 40.6. The molecule has 746 valence electrons. The van der Waals surface area contributed by atoms with Gasteiger partial charge in [-0.05, 0) is 6.92 Å². The van der Waals surface area contributed by atoms with Crippen LogP contribution in [0.1, 0.15) is 41.5 Å². The van der Waals surface area contributed by atoms with Crippen molar-refractivity contribution in [3.05, 3.63) is 0 Å². The van der Waals surface area contributed by atoms with Crippen LogP contribution in [0.5, 0.6) is 0 Å². The lowest BCUT2D eigenvalue weighted by Crippen LogP contribution is -2.72. The maximum absolute atomic E-state index is 13.7. The maximum atomic E-state index is 13.7. The van der Waals surface area contributed by atoms with E-state index in [0.29, 0.717) is 0 Å². The van der Waals surface area contributed by atoms with Crippen molar-refractivity contribution in [2.24, 2.45) is 0 Å². The Hall–Kier alpha value is -4.54. The van der Waals surface area contributed by atoms with E-state index in [1.807, 2.05) is 0 Å². The number of rotatable bonds is 34. The van der Waals surface area contributed by atoms with Crippen LogP contribution in [0.4, 0.5) is 0 Å². The van der Waals surface area contributed by atoms with E-state index in [-0.39, 0.29) is 0 Å². The highest BCUT2D eigenvalue weighted by molar-refractivity contribution is 7.80. The number of carbonyl (C=O) groups is 5. The SMILES string of the molecule is CC(=O)N[C@@H]1[C@@H](O)[C@H](O[C@@H]2O[C@H](CO)[C@@H](O[C@@H]3O[C@H](CO[C@H]4O[C@H](CO)[C@@H](O)[C@H](O)[C@@H]4O[C@@H]4O[C@H](COS(=O)(=O)O)[C@@H](O[C@@H]5O[C@H](CO)[C@H](O)[C@H](O)[C@@H]5O)[C@H](O[C@@H]5O[C@@H](C)[C@@H](O)[C@@H](O)[C@@H]5O)[C@H]4NC(C)=O)[C@@H](O[C@@H]4O[C@H](CO)[C@@H](O)[C@H](O)[C@H]4NC(C)=O)[C@H](O[C@H]4O[C@H](CO)[C@@H](O)[C@H](O)[C@@H]4O[C@@H]4O[C@H](CO)[C@@H](O)[C@H](O)[C@H]4NC(C)=O)[C@@H]3O)[C@H](O)[C@H]2NC(C)=O)[C@@H](CO)O[C@H]1O. The normalized spacial score (nSPS) is 47.7. The number of aliphatic hydroxyl groups is 25. The molecule has 0 bridgehead atoms. The molecule has 0 aromatic rings. The van der Waals surface area contributed by atoms with Gasteiger partial charge >= 0.3 is 10.4 Å². The molecule has 50 atom stereocenters. The van der Waals surface area contributed by atoms with Crippen molar-refractivity contribution >= 4 is 39.9 Å². The number of hydrogen-bond donors (Lipinski definition) is 31. The summed E-state index contributed by atoms with van der Waals surface area (Å²) in [4.78, 5) is 65.3. The van der Waals surface area contributed by atoms with Crippen molar-refractivity contribution in [3.8, 4) is 0 Å². The Bertz CT molecular complexity index is 3700. The van der Waals surface area contributed by atoms with Crippen LogP contribution in [0.2, 0.25) is 0 Å². The molecule has 0 spiro atoms. The summed E-state index contributed by atoms with van der Waals surface area (Å²) in [5.41, 5.74) is 0. The molecule has 58 nitrogen and oxygen atoms in total. The highest BCUT2D eigenvalue weighted by atomic mass is 32.3. The van der Waals surface area contributed by atoms with E-state index in [9.17, 15) is 165 Å². The number of ether oxygens (including phenoxy) is 19. The standard InChI is InChI=1S/C70H117N5O53S/c1-16-36(88)46(98)50(102)66(111-16)125-57-35(75-21(6)87)65(119-30(15-110-129(106,107)108)55(57)124-67-51(103)47(99)39(91)24(9-78)115-67)127-59-48(100)40(92)25(10-79)116-69(59)109-14-29-56(123-62-32(72-18(3)84)42(94)37(89)22(7-76)113-62)58(126-70-60(49(101)41(93)26(11-80)117-70)128-63-33(73-19(4)85)43(95)38(90)23(8-77)114-63)52(104)68(120-29)122-54-28(13-82)118-64(34(45(54)97)74-20(5)86)121-53-27(12-81)112-61(105)31(44(53)96)71-17(2)83/h16,22-70,76-82,88-105H,7-15H2,1-6H3,(H,71,83)(H,72,84)(H,73,85)(H,74,86)(H,75,87)(H,106,107,108)/t16-,22+,23+,24+,25+,26+,27+,28+,29+,30+,31+,32+,33+,34+,35+,36+,37+,38+,39-,40+,41+,42+,43+,44+,45+,46+,47-,48-,49-,50-,51-,52-,53+,54+,55+,56+,57+,58+,59-,60-,61+,62-,63-,64-,65-,66-,67-,68-,69-,70+/m0/s1. The average Bonchev–Trinajstić information content (AvgIpc) is 0.756. The van der Waals surface area contributed by atoms with Crippen LogP contribution >= 0.6 is 0 Å². The third kappa shape index (κ3) is 24.5. The molecule has 10 heterocycles. The van der Waals surface area contributed by atoms with E-state index >= 15 is 0 Å². The number of aliphatic hydroxyl groups excluding tert-OH is 25. The summed E-state index contributed by atoms with van der Waals surface area (Å²) in [6, 6.07) is -10.0. The zero-order chi connectivity index (χ0) is 95.3. The fourth-order valence-corrected chi connectivity index (χ4v) is 16.7. The first-order chi connectivity index (χ1) is 60.7. The number of amides is 5. The van der Waals surface area contributed by atoms with Crippen LogP contribution in [0.15, 0.2) is 0 Å². The minimum atomic E-state index is -5.67. The van der Waals surface area contributed by atoms with E-state index in [0.717, 1.165) is 41.5 Å². The predicted molar refractivity (Wildman–Crippen MR) is 397 cm³/mol. The van der Waals surface area contributed by atoms with Gasteiger partial charge in [0, 0.05) is 34.6 Å². The molecular weight excluding hydrogens is 1790 g/mol. The topological polar surface area (TPSA) is 890 Å². The Kier molecular flexibility index (Phi) is 38.0. The highest BCUT2D eigenvalue weighted by Crippen LogP contribution is 2.42. The Balaban J connectivity index is 1.12. The molecule has 59 heteroatoms. The first-order valence-corrected chi connectivity index (χ1v) is 42.0. The summed E-state index contributed by atoms with van der Waals surface area (Å²) < 4.78 is 156. The lowest BCUT2D eigenvalue weighted by molar-refractivity contribution is -0.408. The molecule has 10 rings (SSSR count). The first kappa shape index (κ1) is 107. The van der Waals surface area contributed by atoms with Crippen molar-refractivity contribution in [1.29, 1.82) is 0 Å². The summed E-state index contributed by atoms with van der Waals surface area (Å²) in [5, 5.41) is 295. The quantitative estimate of drug-likeness (QED) is 0.0266. The van der Waals surface area contributed by atoms with Crippen molar-refractivity contribution < 1.29 is 259 Å². The third-order valence-electron chi connectivity index (χ3n) is 23.0. The minimum absolute atomic E-state index is 0.829. The van der Waals surface area contributed by atoms with Crippen LogP contribution in [-0.4, -0.2) is 536 Å². The maximum Gasteiger partial charge on any atom is 0.397 e. The van der Waals surface area contributed by atoms with E-state index < -0.39 is 406 Å². The summed E-state index contributed by atoms with van der Waals surface area (Å²) in [6.07, 6.45) is -101. The van der Waals surface area contributed by atoms with Crippen molar-refractivity contribution in [1.82, 2.24) is 26.6 Å². The molecule has 0 aromatic carbocycles. The second-order valence-electron chi connectivity index (χ2n) is 32.2.